The SMILES string of the molecule is CNC(=O)c1ccc([N+](=O)OC)cc1CN1CCN(CC(=O)OC(C)(C)C)CC1. The summed E-state index contributed by atoms with van der Waals surface area (Å²) in [6, 6.07) is 4.86. The normalized spacial score (nSPS) is 15.6. The number of nitrogens with zero attached hydrogens (tertiary/aromatic N) is 3. The first-order valence-corrected chi connectivity index (χ1v) is 9.66. The van der Waals surface area contributed by atoms with Crippen molar-refractivity contribution in [3.8, 4) is 0 Å². The van der Waals surface area contributed by atoms with Crippen molar-refractivity contribution in [2.45, 2.75) is 32.9 Å². The predicted octanol–water partition coefficient (Wildman–Crippen LogP) is 1.48. The standard InChI is InChI=1S/C20H30N4O5/c1-20(2,3)29-18(25)14-23-10-8-22(9-11-23)13-15-12-16(24(27)28-5)6-7-17(15)19(26)21-4/h6-7,12H,8-11,13-14H2,1-5H3/p+1. The van der Waals surface area contributed by atoms with E-state index >= 15 is 0 Å². The molecule has 1 saturated heterocycles. The molecule has 0 spiro atoms. The van der Waals surface area contributed by atoms with E-state index in [0.717, 1.165) is 31.7 Å². The van der Waals surface area contributed by atoms with Gasteiger partial charge in [-0.2, -0.15) is 0 Å². The summed E-state index contributed by atoms with van der Waals surface area (Å²) in [7, 11) is 2.87. The van der Waals surface area contributed by atoms with E-state index in [2.05, 4.69) is 15.1 Å². The van der Waals surface area contributed by atoms with Crippen LogP contribution in [0.1, 0.15) is 36.7 Å². The lowest BCUT2D eigenvalue weighted by Gasteiger charge is -2.34. The van der Waals surface area contributed by atoms with Crippen LogP contribution in [-0.2, 0) is 20.9 Å². The minimum Gasteiger partial charge on any atom is -0.459 e. The van der Waals surface area contributed by atoms with Gasteiger partial charge in [0.2, 0.25) is 0 Å². The molecule has 0 aromatic heterocycles. The molecule has 1 aromatic rings. The zero-order valence-corrected chi connectivity index (χ0v) is 17.9. The van der Waals surface area contributed by atoms with Crippen LogP contribution in [0.5, 0.6) is 0 Å². The Morgan fingerprint density at radius 2 is 1.76 bits per heavy atom. The third kappa shape index (κ3) is 6.79. The minimum atomic E-state index is -0.488. The number of esters is 1. The molecule has 1 aromatic carbocycles. The van der Waals surface area contributed by atoms with Gasteiger partial charge in [0, 0.05) is 57.5 Å². The van der Waals surface area contributed by atoms with Gasteiger partial charge in [0.1, 0.15) is 5.60 Å². The molecule has 0 aliphatic carbocycles. The Morgan fingerprint density at radius 3 is 2.31 bits per heavy atom. The Bertz CT molecular complexity index is 752. The lowest BCUT2D eigenvalue weighted by Crippen LogP contribution is -2.48. The highest BCUT2D eigenvalue weighted by Crippen LogP contribution is 2.21. The van der Waals surface area contributed by atoms with Crippen molar-refractivity contribution in [2.24, 2.45) is 0 Å². The highest BCUT2D eigenvalue weighted by molar-refractivity contribution is 5.95. The van der Waals surface area contributed by atoms with Gasteiger partial charge in [-0.05, 0) is 32.4 Å². The molecule has 1 amide bonds. The Morgan fingerprint density at radius 1 is 1.14 bits per heavy atom. The summed E-state index contributed by atoms with van der Waals surface area (Å²) < 4.78 is 5.38. The maximum Gasteiger partial charge on any atom is 0.320 e. The average molecular weight is 407 g/mol. The fourth-order valence-electron chi connectivity index (χ4n) is 3.19. The molecule has 29 heavy (non-hydrogen) atoms. The molecule has 2 rings (SSSR count). The predicted molar refractivity (Wildman–Crippen MR) is 108 cm³/mol. The van der Waals surface area contributed by atoms with E-state index in [1.54, 1.807) is 25.2 Å². The summed E-state index contributed by atoms with van der Waals surface area (Å²) in [5, 5.41) is 2.63. The summed E-state index contributed by atoms with van der Waals surface area (Å²) >= 11 is 0. The summed E-state index contributed by atoms with van der Waals surface area (Å²) in [6.45, 7) is 9.28. The largest absolute Gasteiger partial charge is 0.459 e. The second kappa shape index (κ2) is 9.80. The van der Waals surface area contributed by atoms with Crippen molar-refractivity contribution >= 4 is 17.6 Å². The van der Waals surface area contributed by atoms with Gasteiger partial charge in [-0.15, -0.1) is 0 Å². The third-order valence-corrected chi connectivity index (χ3v) is 4.57. The molecule has 0 unspecified atom stereocenters. The van der Waals surface area contributed by atoms with E-state index in [4.69, 9.17) is 9.57 Å². The van der Waals surface area contributed by atoms with E-state index in [0.29, 0.717) is 22.7 Å². The number of rotatable bonds is 7. The van der Waals surface area contributed by atoms with Crippen LogP contribution in [0, 0.1) is 4.91 Å². The average Bonchev–Trinajstić information content (AvgIpc) is 2.66. The summed E-state index contributed by atoms with van der Waals surface area (Å²) in [5.41, 5.74) is 1.12. The van der Waals surface area contributed by atoms with Gasteiger partial charge in [0.25, 0.3) is 10.8 Å². The van der Waals surface area contributed by atoms with Gasteiger partial charge in [0.05, 0.1) is 11.5 Å². The molecule has 160 valence electrons. The second-order valence-electron chi connectivity index (χ2n) is 8.00. The van der Waals surface area contributed by atoms with Gasteiger partial charge in [-0.3, -0.25) is 19.4 Å². The Balaban J connectivity index is 2.01. The molecule has 9 nitrogen and oxygen atoms in total. The molecule has 1 aliphatic rings. The fraction of sp³-hybridized carbons (Fsp3) is 0.600. The molecule has 0 saturated carbocycles. The van der Waals surface area contributed by atoms with Crippen molar-refractivity contribution in [1.29, 1.82) is 0 Å². The second-order valence-corrected chi connectivity index (χ2v) is 8.00. The number of benzene rings is 1. The maximum absolute atomic E-state index is 12.2. The van der Waals surface area contributed by atoms with Crippen LogP contribution < -0.4 is 5.32 Å². The highest BCUT2D eigenvalue weighted by Gasteiger charge is 2.25. The molecular formula is C20H31N4O5+. The van der Waals surface area contributed by atoms with E-state index in [1.807, 2.05) is 20.8 Å². The Hall–Kier alpha value is -2.52. The Labute approximate surface area is 171 Å². The summed E-state index contributed by atoms with van der Waals surface area (Å²) in [6.07, 6.45) is 0. The van der Waals surface area contributed by atoms with Gasteiger partial charge in [-0.1, -0.05) is 0 Å². The molecule has 1 N–H and O–H groups in total. The topological polar surface area (TPSA) is 91.2 Å². The molecular weight excluding hydrogens is 376 g/mol. The number of carbonyl (C=O) groups excluding carboxylic acids is 2. The van der Waals surface area contributed by atoms with E-state index in [9.17, 15) is 14.5 Å². The number of amides is 1. The third-order valence-electron chi connectivity index (χ3n) is 4.57. The smallest absolute Gasteiger partial charge is 0.320 e. The quantitative estimate of drug-likeness (QED) is 0.541. The molecule has 0 atom stereocenters. The van der Waals surface area contributed by atoms with Crippen molar-refractivity contribution < 1.29 is 24.1 Å². The van der Waals surface area contributed by atoms with Crippen LogP contribution in [0.15, 0.2) is 18.2 Å². The lowest BCUT2D eigenvalue weighted by atomic mass is 10.0. The van der Waals surface area contributed by atoms with Gasteiger partial charge in [0.15, 0.2) is 7.11 Å². The zero-order valence-electron chi connectivity index (χ0n) is 17.9. The number of hydrogen-bond acceptors (Lipinski definition) is 7. The molecule has 1 fully saturated rings. The van der Waals surface area contributed by atoms with E-state index < -0.39 is 5.60 Å². The fourth-order valence-corrected chi connectivity index (χ4v) is 3.19. The first-order chi connectivity index (χ1) is 13.6. The zero-order chi connectivity index (χ0) is 21.6. The number of hydrogen-bond donors (Lipinski definition) is 1. The molecule has 1 heterocycles. The van der Waals surface area contributed by atoms with Crippen molar-refractivity contribution in [1.82, 2.24) is 15.1 Å². The molecule has 9 heteroatoms. The van der Waals surface area contributed by atoms with Gasteiger partial charge < -0.3 is 10.1 Å². The first kappa shape index (κ1) is 22.8. The monoisotopic (exact) mass is 407 g/mol. The number of ether oxygens (including phenoxy) is 1. The highest BCUT2D eigenvalue weighted by atomic mass is 16.8. The van der Waals surface area contributed by atoms with Crippen LogP contribution in [-0.4, -0.2) is 79.1 Å². The van der Waals surface area contributed by atoms with Crippen molar-refractivity contribution in [3.05, 3.63) is 34.2 Å². The van der Waals surface area contributed by atoms with E-state index in [-0.39, 0.29) is 18.4 Å². The van der Waals surface area contributed by atoms with Crippen molar-refractivity contribution in [2.75, 3.05) is 46.9 Å². The number of carbonyl (C=O) groups is 2. The number of nitrogens with one attached hydrogen (secondary N) is 1. The van der Waals surface area contributed by atoms with E-state index in [1.165, 1.54) is 7.11 Å². The number of piperazine rings is 1. The molecule has 1 aliphatic heterocycles. The maximum atomic E-state index is 12.2. The molecule has 0 bridgehead atoms. The summed E-state index contributed by atoms with van der Waals surface area (Å²) in [4.78, 5) is 45.4. The van der Waals surface area contributed by atoms with Crippen molar-refractivity contribution in [3.63, 3.8) is 0 Å². The van der Waals surface area contributed by atoms with Crippen LogP contribution >= 0.6 is 0 Å². The first-order valence-electron chi connectivity index (χ1n) is 9.66. The van der Waals surface area contributed by atoms with Crippen LogP contribution in [0.25, 0.3) is 0 Å². The summed E-state index contributed by atoms with van der Waals surface area (Å²) in [5.74, 6) is -0.430. The van der Waals surface area contributed by atoms with Gasteiger partial charge >= 0.3 is 11.7 Å². The van der Waals surface area contributed by atoms with Gasteiger partial charge in [-0.25, -0.2) is 4.84 Å². The molecule has 0 radical (unpaired) electrons. The van der Waals surface area contributed by atoms with Crippen LogP contribution in [0.4, 0.5) is 5.69 Å². The van der Waals surface area contributed by atoms with Crippen LogP contribution in [0.3, 0.4) is 0 Å². The Kier molecular flexibility index (Phi) is 7.69. The minimum absolute atomic E-state index is 0.204. The lowest BCUT2D eigenvalue weighted by molar-refractivity contribution is -0.736. The van der Waals surface area contributed by atoms with Crippen LogP contribution in [0.2, 0.25) is 0 Å².